The van der Waals surface area contributed by atoms with Crippen LogP contribution >= 0.6 is 0 Å². The van der Waals surface area contributed by atoms with Gasteiger partial charge in [-0.2, -0.15) is 6.42 Å². The number of hydrogen-bond donors (Lipinski definition) is 0. The van der Waals surface area contributed by atoms with Crippen molar-refractivity contribution < 1.29 is 51.4 Å². The summed E-state index contributed by atoms with van der Waals surface area (Å²) in [7, 11) is 0. The van der Waals surface area contributed by atoms with Crippen molar-refractivity contribution in [2.24, 2.45) is 17.8 Å². The molecule has 0 aromatic carbocycles. The van der Waals surface area contributed by atoms with E-state index in [1.165, 1.54) is 212 Å². The van der Waals surface area contributed by atoms with E-state index in [4.69, 9.17) is 0 Å². The first-order valence-electron chi connectivity index (χ1n) is 27.7. The summed E-state index contributed by atoms with van der Waals surface area (Å²) in [4.78, 5) is 30.7. The standard InChI is InChI=1S/3C18H36O2.C3H7.Ti/c3*1-17(2)15-13-11-9-7-5-3-4-6-8-10-12-14-16-18(19)20;1-3-2;/h3*17H,3-16H2,1-2H3,(H,19,20);1,3H2,2H3;/q;;;-1;+4/p-3. The van der Waals surface area contributed by atoms with Crippen LogP contribution < -0.4 is 15.3 Å². The molecule has 0 rings (SSSR count). The zero-order valence-electron chi connectivity index (χ0n) is 44.3. The summed E-state index contributed by atoms with van der Waals surface area (Å²) >= 11 is 0. The molecule has 7 heteroatoms. The molecule has 0 N–H and O–H groups in total. The van der Waals surface area contributed by atoms with Crippen LogP contribution in [0.15, 0.2) is 0 Å². The SMILES string of the molecule is CC(C)CCCCCCCCCCCCCCC(=O)[O-].CC(C)CCCCCCCCCCCCCCC(=O)[O-].CC(C)CCCCCCCCCCCCCCC(=O)[O-].[CH2-]CC.[Ti+4]. The molecule has 0 fully saturated rings. The molecule has 0 heterocycles. The average molecular weight is 941 g/mol. The first-order chi connectivity index (χ1) is 30.3. The summed E-state index contributed by atoms with van der Waals surface area (Å²) in [6, 6.07) is 0. The van der Waals surface area contributed by atoms with E-state index >= 15 is 0 Å². The van der Waals surface area contributed by atoms with Crippen molar-refractivity contribution in [2.45, 2.75) is 325 Å². The van der Waals surface area contributed by atoms with Gasteiger partial charge in [-0.1, -0.05) is 280 Å². The molecule has 0 aliphatic rings. The van der Waals surface area contributed by atoms with Gasteiger partial charge in [0, 0.05) is 17.9 Å². The minimum Gasteiger partial charge on any atom is -0.550 e. The zero-order chi connectivity index (χ0) is 47.9. The molecule has 0 saturated heterocycles. The Labute approximate surface area is 416 Å². The van der Waals surface area contributed by atoms with Crippen molar-refractivity contribution in [1.29, 1.82) is 0 Å². The third-order valence-corrected chi connectivity index (χ3v) is 11.7. The van der Waals surface area contributed by atoms with Gasteiger partial charge < -0.3 is 36.6 Å². The van der Waals surface area contributed by atoms with Crippen LogP contribution in [0.25, 0.3) is 0 Å². The number of unbranched alkanes of at least 4 members (excludes halogenated alkanes) is 33. The Morgan fingerprint density at radius 3 is 0.516 bits per heavy atom. The number of carboxylic acids is 3. The van der Waals surface area contributed by atoms with Gasteiger partial charge in [0.25, 0.3) is 0 Å². The smallest absolute Gasteiger partial charge is 0.550 e. The molecular weight excluding hydrogens is 828 g/mol. The van der Waals surface area contributed by atoms with Crippen molar-refractivity contribution in [3.8, 4) is 0 Å². The first kappa shape index (κ1) is 72.1. The van der Waals surface area contributed by atoms with Crippen LogP contribution in [-0.2, 0) is 36.1 Å². The van der Waals surface area contributed by atoms with Crippen molar-refractivity contribution in [3.05, 3.63) is 6.92 Å². The Morgan fingerprint density at radius 2 is 0.406 bits per heavy atom. The van der Waals surface area contributed by atoms with Gasteiger partial charge in [-0.3, -0.25) is 0 Å². The van der Waals surface area contributed by atoms with E-state index in [0.29, 0.717) is 0 Å². The molecule has 64 heavy (non-hydrogen) atoms. The second-order valence-corrected chi connectivity index (χ2v) is 20.1. The Hall–Kier alpha value is -0.876. The van der Waals surface area contributed by atoms with E-state index in [2.05, 4.69) is 48.5 Å². The normalized spacial score (nSPS) is 10.7. The summed E-state index contributed by atoms with van der Waals surface area (Å²) in [5.74, 6) is -0.125. The van der Waals surface area contributed by atoms with E-state index in [1.54, 1.807) is 0 Å². The minimum absolute atomic E-state index is 0. The largest absolute Gasteiger partial charge is 4.00 e. The fraction of sp³-hybridized carbons (Fsp3) is 0.930. The number of rotatable bonds is 45. The van der Waals surface area contributed by atoms with E-state index in [0.717, 1.165) is 62.7 Å². The Balaban J connectivity index is -0.000000261. The van der Waals surface area contributed by atoms with E-state index < -0.39 is 17.9 Å². The quantitative estimate of drug-likeness (QED) is 0.0341. The van der Waals surface area contributed by atoms with Gasteiger partial charge in [-0.25, -0.2) is 0 Å². The monoisotopic (exact) mass is 941 g/mol. The van der Waals surface area contributed by atoms with Gasteiger partial charge >= 0.3 is 21.7 Å². The molecule has 0 aromatic heterocycles. The summed E-state index contributed by atoms with van der Waals surface area (Å²) in [5.41, 5.74) is 0. The molecule has 0 aromatic rings. The fourth-order valence-corrected chi connectivity index (χ4v) is 7.77. The Bertz CT molecular complexity index is 767. The summed E-state index contributed by atoms with van der Waals surface area (Å²) in [6.07, 6.45) is 52.0. The molecule has 0 spiro atoms. The second kappa shape index (κ2) is 64.2. The molecule has 0 unspecified atom stereocenters. The third kappa shape index (κ3) is 87.9. The predicted octanol–water partition coefficient (Wildman–Crippen LogP) is 15.8. The molecule has 0 radical (unpaired) electrons. The van der Waals surface area contributed by atoms with Gasteiger partial charge in [0.2, 0.25) is 0 Å². The summed E-state index contributed by atoms with van der Waals surface area (Å²) in [6.45, 7) is 19.3. The second-order valence-electron chi connectivity index (χ2n) is 20.1. The number of hydrogen-bond acceptors (Lipinski definition) is 6. The van der Waals surface area contributed by atoms with Gasteiger partial charge in [0.1, 0.15) is 0 Å². The Kier molecular flexibility index (Phi) is 72.3. The van der Waals surface area contributed by atoms with Gasteiger partial charge in [-0.15, -0.1) is 0 Å². The maximum atomic E-state index is 10.2. The molecular formula is C57H112O6Ti. The van der Waals surface area contributed by atoms with Crippen LogP contribution in [0.1, 0.15) is 325 Å². The van der Waals surface area contributed by atoms with Crippen LogP contribution in [0.4, 0.5) is 0 Å². The molecule has 6 nitrogen and oxygen atoms in total. The van der Waals surface area contributed by atoms with Crippen LogP contribution in [-0.4, -0.2) is 17.9 Å². The van der Waals surface area contributed by atoms with Crippen LogP contribution in [0.3, 0.4) is 0 Å². The maximum absolute atomic E-state index is 10.2. The summed E-state index contributed by atoms with van der Waals surface area (Å²) < 4.78 is 0. The van der Waals surface area contributed by atoms with Crippen LogP contribution in [0.2, 0.25) is 0 Å². The summed E-state index contributed by atoms with van der Waals surface area (Å²) in [5, 5.41) is 30.7. The van der Waals surface area contributed by atoms with Crippen molar-refractivity contribution in [3.63, 3.8) is 0 Å². The number of aliphatic carboxylic acids is 3. The van der Waals surface area contributed by atoms with Crippen molar-refractivity contribution in [1.82, 2.24) is 0 Å². The molecule has 0 aliphatic carbocycles. The molecule has 0 amide bonds. The maximum Gasteiger partial charge on any atom is 4.00 e. The number of carbonyl (C=O) groups is 3. The molecule has 0 aliphatic heterocycles. The van der Waals surface area contributed by atoms with E-state index in [9.17, 15) is 29.7 Å². The van der Waals surface area contributed by atoms with E-state index in [-0.39, 0.29) is 41.0 Å². The van der Waals surface area contributed by atoms with Gasteiger partial charge in [-0.05, 0) is 56.3 Å². The van der Waals surface area contributed by atoms with Crippen molar-refractivity contribution in [2.75, 3.05) is 0 Å². The average Bonchev–Trinajstić information content (AvgIpc) is 3.21. The zero-order valence-corrected chi connectivity index (χ0v) is 45.9. The first-order valence-corrected chi connectivity index (χ1v) is 27.7. The predicted molar refractivity (Wildman–Crippen MR) is 269 cm³/mol. The minimum atomic E-state index is -0.904. The van der Waals surface area contributed by atoms with Gasteiger partial charge in [0.05, 0.1) is 0 Å². The van der Waals surface area contributed by atoms with Crippen LogP contribution in [0.5, 0.6) is 0 Å². The molecule has 0 atom stereocenters. The third-order valence-electron chi connectivity index (χ3n) is 11.7. The number of carboxylic acid groups (broad SMARTS) is 3. The van der Waals surface area contributed by atoms with Crippen molar-refractivity contribution >= 4 is 17.9 Å². The number of carbonyl (C=O) groups excluding carboxylic acids is 3. The molecule has 380 valence electrons. The van der Waals surface area contributed by atoms with Gasteiger partial charge in [0.15, 0.2) is 0 Å². The Morgan fingerprint density at radius 1 is 0.297 bits per heavy atom. The molecule has 0 saturated carbocycles. The van der Waals surface area contributed by atoms with Crippen LogP contribution in [0, 0.1) is 24.7 Å². The molecule has 0 bridgehead atoms. The fourth-order valence-electron chi connectivity index (χ4n) is 7.77. The topological polar surface area (TPSA) is 120 Å². The van der Waals surface area contributed by atoms with E-state index in [1.807, 2.05) is 6.92 Å².